The lowest BCUT2D eigenvalue weighted by Gasteiger charge is -2.24. The van der Waals surface area contributed by atoms with Gasteiger partial charge in [0.1, 0.15) is 17.1 Å². The molecule has 10 heteroatoms. The van der Waals surface area contributed by atoms with Crippen molar-refractivity contribution < 1.29 is 9.18 Å². The SMILES string of the molecule is Cc1cc(C(C)(C)Cl)nc(N2C[C@H]3CN(C(=O)c4c(F)cccc4-n4nccn4)C[C@H]3C2)n1. The topological polar surface area (TPSA) is 80.0 Å². The fourth-order valence-corrected chi connectivity index (χ4v) is 4.81. The Balaban J connectivity index is 1.34. The highest BCUT2D eigenvalue weighted by Crippen LogP contribution is 2.35. The van der Waals surface area contributed by atoms with Crippen molar-refractivity contribution in [3.8, 4) is 5.69 Å². The number of fused-ring (bicyclic) bond motifs is 1. The summed E-state index contributed by atoms with van der Waals surface area (Å²) < 4.78 is 14.7. The number of amides is 1. The van der Waals surface area contributed by atoms with Crippen LogP contribution in [0.25, 0.3) is 5.69 Å². The number of halogens is 2. The number of benzene rings is 1. The maximum atomic E-state index is 14.7. The lowest BCUT2D eigenvalue weighted by atomic mass is 10.0. The van der Waals surface area contributed by atoms with Crippen molar-refractivity contribution in [3.05, 3.63) is 59.4 Å². The largest absolute Gasteiger partial charge is 0.340 e. The average Bonchev–Trinajstić information content (AvgIpc) is 3.48. The molecule has 2 aliphatic heterocycles. The Kier molecular flexibility index (Phi) is 5.31. The minimum absolute atomic E-state index is 0.00142. The van der Waals surface area contributed by atoms with Gasteiger partial charge in [-0.15, -0.1) is 11.6 Å². The Morgan fingerprint density at radius 3 is 2.39 bits per heavy atom. The van der Waals surface area contributed by atoms with E-state index >= 15 is 0 Å². The van der Waals surface area contributed by atoms with E-state index in [9.17, 15) is 9.18 Å². The molecule has 0 unspecified atom stereocenters. The third kappa shape index (κ3) is 4.06. The van der Waals surface area contributed by atoms with Crippen LogP contribution in [-0.4, -0.2) is 61.9 Å². The second-order valence-electron chi connectivity index (χ2n) is 9.25. The molecule has 1 aromatic carbocycles. The molecule has 3 aromatic rings. The van der Waals surface area contributed by atoms with Crippen LogP contribution in [0.2, 0.25) is 0 Å². The first-order chi connectivity index (χ1) is 15.7. The summed E-state index contributed by atoms with van der Waals surface area (Å²) in [5.41, 5.74) is 2.01. The Morgan fingerprint density at radius 2 is 1.76 bits per heavy atom. The van der Waals surface area contributed by atoms with Crippen molar-refractivity contribution in [1.82, 2.24) is 29.9 Å². The molecule has 0 radical (unpaired) electrons. The Hall–Kier alpha value is -3.07. The van der Waals surface area contributed by atoms with E-state index in [0.717, 1.165) is 24.5 Å². The second kappa shape index (κ2) is 8.06. The fraction of sp³-hybridized carbons (Fsp3) is 0.435. The molecule has 2 fully saturated rings. The summed E-state index contributed by atoms with van der Waals surface area (Å²) in [6.45, 7) is 8.36. The molecule has 1 amide bonds. The molecule has 2 saturated heterocycles. The summed E-state index contributed by atoms with van der Waals surface area (Å²) in [7, 11) is 0. The van der Waals surface area contributed by atoms with Gasteiger partial charge in [-0.05, 0) is 39.0 Å². The Bertz CT molecular complexity index is 1180. The van der Waals surface area contributed by atoms with Crippen molar-refractivity contribution in [3.63, 3.8) is 0 Å². The number of likely N-dealkylation sites (tertiary alicyclic amines) is 1. The van der Waals surface area contributed by atoms with E-state index in [1.165, 1.54) is 23.3 Å². The van der Waals surface area contributed by atoms with Crippen LogP contribution in [0.4, 0.5) is 10.3 Å². The number of nitrogens with zero attached hydrogens (tertiary/aromatic N) is 7. The third-order valence-corrected chi connectivity index (χ3v) is 6.54. The second-order valence-corrected chi connectivity index (χ2v) is 10.2. The van der Waals surface area contributed by atoms with Gasteiger partial charge < -0.3 is 9.80 Å². The normalized spacial score (nSPS) is 20.4. The summed E-state index contributed by atoms with van der Waals surface area (Å²) >= 11 is 6.49. The van der Waals surface area contributed by atoms with E-state index in [2.05, 4.69) is 20.1 Å². The smallest absolute Gasteiger partial charge is 0.259 e. The Morgan fingerprint density at radius 1 is 1.09 bits per heavy atom. The number of aryl methyl sites for hydroxylation is 1. The summed E-state index contributed by atoms with van der Waals surface area (Å²) in [5.74, 6) is 0.302. The van der Waals surface area contributed by atoms with Crippen LogP contribution in [0.1, 0.15) is 35.6 Å². The molecule has 0 N–H and O–H groups in total. The Labute approximate surface area is 196 Å². The van der Waals surface area contributed by atoms with Gasteiger partial charge in [-0.25, -0.2) is 14.4 Å². The maximum absolute atomic E-state index is 14.7. The van der Waals surface area contributed by atoms with Gasteiger partial charge >= 0.3 is 0 Å². The van der Waals surface area contributed by atoms with Gasteiger partial charge in [0, 0.05) is 43.7 Å². The van der Waals surface area contributed by atoms with E-state index in [1.54, 1.807) is 17.0 Å². The van der Waals surface area contributed by atoms with Crippen molar-refractivity contribution in [2.45, 2.75) is 25.6 Å². The number of anilines is 1. The molecule has 8 nitrogen and oxygen atoms in total. The zero-order valence-electron chi connectivity index (χ0n) is 18.7. The first-order valence-corrected chi connectivity index (χ1v) is 11.3. The van der Waals surface area contributed by atoms with E-state index in [0.29, 0.717) is 24.7 Å². The summed E-state index contributed by atoms with van der Waals surface area (Å²) in [5, 5.41) is 8.14. The minimum Gasteiger partial charge on any atom is -0.340 e. The highest BCUT2D eigenvalue weighted by atomic mass is 35.5. The number of rotatable bonds is 4. The van der Waals surface area contributed by atoms with E-state index in [1.807, 2.05) is 26.8 Å². The molecule has 0 bridgehead atoms. The summed E-state index contributed by atoms with van der Waals surface area (Å²) in [6.07, 6.45) is 3.00. The molecular weight excluding hydrogens is 445 g/mol. The predicted octanol–water partition coefficient (Wildman–Crippen LogP) is 3.19. The van der Waals surface area contributed by atoms with Crippen LogP contribution < -0.4 is 4.90 Å². The number of aromatic nitrogens is 5. The number of hydrogen-bond acceptors (Lipinski definition) is 6. The highest BCUT2D eigenvalue weighted by Gasteiger charge is 2.43. The lowest BCUT2D eigenvalue weighted by molar-refractivity contribution is 0.0777. The zero-order valence-corrected chi connectivity index (χ0v) is 19.5. The van der Waals surface area contributed by atoms with Gasteiger partial charge in [-0.3, -0.25) is 4.79 Å². The van der Waals surface area contributed by atoms with Gasteiger partial charge in [0.15, 0.2) is 0 Å². The van der Waals surface area contributed by atoms with Crippen molar-refractivity contribution in [2.75, 3.05) is 31.1 Å². The molecule has 4 heterocycles. The van der Waals surface area contributed by atoms with Crippen LogP contribution in [0.15, 0.2) is 36.7 Å². The predicted molar refractivity (Wildman–Crippen MR) is 122 cm³/mol. The van der Waals surface area contributed by atoms with Crippen LogP contribution in [-0.2, 0) is 4.87 Å². The first kappa shape index (κ1) is 21.8. The van der Waals surface area contributed by atoms with Crippen LogP contribution in [0, 0.1) is 24.6 Å². The maximum Gasteiger partial charge on any atom is 0.259 e. The van der Waals surface area contributed by atoms with E-state index in [4.69, 9.17) is 16.6 Å². The van der Waals surface area contributed by atoms with Gasteiger partial charge in [0.2, 0.25) is 5.95 Å². The van der Waals surface area contributed by atoms with Gasteiger partial charge in [-0.1, -0.05) is 6.07 Å². The minimum atomic E-state index is -0.581. The molecular formula is C23H25ClFN7O. The average molecular weight is 470 g/mol. The number of alkyl halides is 1. The van der Waals surface area contributed by atoms with Gasteiger partial charge in [0.25, 0.3) is 5.91 Å². The van der Waals surface area contributed by atoms with Gasteiger partial charge in [-0.2, -0.15) is 15.0 Å². The summed E-state index contributed by atoms with van der Waals surface area (Å²) in [6, 6.07) is 6.41. The van der Waals surface area contributed by atoms with Crippen molar-refractivity contribution >= 4 is 23.5 Å². The number of hydrogen-bond donors (Lipinski definition) is 0. The quantitative estimate of drug-likeness (QED) is 0.546. The van der Waals surface area contributed by atoms with Crippen molar-refractivity contribution in [2.24, 2.45) is 11.8 Å². The van der Waals surface area contributed by atoms with Gasteiger partial charge in [0.05, 0.1) is 23.0 Å². The molecule has 0 spiro atoms. The number of carbonyl (C=O) groups is 1. The molecule has 0 aliphatic carbocycles. The lowest BCUT2D eigenvalue weighted by Crippen LogP contribution is -2.35. The zero-order chi connectivity index (χ0) is 23.3. The van der Waals surface area contributed by atoms with Crippen LogP contribution in [0.3, 0.4) is 0 Å². The molecule has 2 atom stereocenters. The molecule has 5 rings (SSSR count). The van der Waals surface area contributed by atoms with E-state index in [-0.39, 0.29) is 23.3 Å². The molecule has 33 heavy (non-hydrogen) atoms. The first-order valence-electron chi connectivity index (χ1n) is 10.9. The molecule has 2 aliphatic rings. The van der Waals surface area contributed by atoms with Crippen LogP contribution in [0.5, 0.6) is 0 Å². The molecule has 2 aromatic heterocycles. The van der Waals surface area contributed by atoms with E-state index < -0.39 is 10.7 Å². The van der Waals surface area contributed by atoms with Crippen molar-refractivity contribution in [1.29, 1.82) is 0 Å². The summed E-state index contributed by atoms with van der Waals surface area (Å²) in [4.78, 5) is 27.3. The standard InChI is InChI=1S/C23H25ClFN7O/c1-14-9-19(23(2,3)24)29-22(28-14)31-12-15-10-30(11-16(15)13-31)21(33)20-17(25)5-4-6-18(20)32-26-7-8-27-32/h4-9,15-16H,10-13H2,1-3H3/t15-,16+. The molecule has 0 saturated carbocycles. The number of carbonyl (C=O) groups excluding carboxylic acids is 1. The monoisotopic (exact) mass is 469 g/mol. The molecule has 172 valence electrons. The highest BCUT2D eigenvalue weighted by molar-refractivity contribution is 6.23. The van der Waals surface area contributed by atoms with Crippen LogP contribution >= 0.6 is 11.6 Å². The third-order valence-electron chi connectivity index (χ3n) is 6.35. The fourth-order valence-electron chi connectivity index (χ4n) is 4.71.